The van der Waals surface area contributed by atoms with Crippen LogP contribution in [0, 0.1) is 6.92 Å². The third-order valence-electron chi connectivity index (χ3n) is 1.36. The van der Waals surface area contributed by atoms with Crippen molar-refractivity contribution in [3.05, 3.63) is 23.8 Å². The molecular formula is C7H7O3S-. The molecule has 0 saturated heterocycles. The van der Waals surface area contributed by atoms with Gasteiger partial charge in [-0.05, 0) is 41.8 Å². The predicted molar refractivity (Wildman–Crippen MR) is 40.0 cm³/mol. The highest BCUT2D eigenvalue weighted by Gasteiger charge is 1.96. The van der Waals surface area contributed by atoms with Gasteiger partial charge in [-0.15, -0.1) is 0 Å². The molecule has 11 heavy (non-hydrogen) atoms. The molecule has 0 aliphatic carbocycles. The molecule has 0 bridgehead atoms. The van der Waals surface area contributed by atoms with Crippen molar-refractivity contribution in [2.75, 3.05) is 0 Å². The third kappa shape index (κ3) is 1.78. The SMILES string of the molecule is Cc1cc(S(=O)[O-])ccc1O. The van der Waals surface area contributed by atoms with Crippen LogP contribution in [-0.4, -0.2) is 13.9 Å². The second-order valence-corrected chi connectivity index (χ2v) is 3.12. The molecule has 0 fully saturated rings. The minimum Gasteiger partial charge on any atom is -0.768 e. The summed E-state index contributed by atoms with van der Waals surface area (Å²) >= 11 is -2.21. The highest BCUT2D eigenvalue weighted by Crippen LogP contribution is 2.18. The molecule has 1 N–H and O–H groups in total. The molecule has 1 rings (SSSR count). The average molecular weight is 171 g/mol. The number of phenols is 1. The van der Waals surface area contributed by atoms with E-state index in [0.29, 0.717) is 5.56 Å². The number of hydrogen-bond acceptors (Lipinski definition) is 3. The summed E-state index contributed by atoms with van der Waals surface area (Å²) in [7, 11) is 0. The molecule has 0 aliphatic rings. The lowest BCUT2D eigenvalue weighted by Crippen LogP contribution is -1.88. The zero-order valence-electron chi connectivity index (χ0n) is 5.90. The molecular weight excluding hydrogens is 164 g/mol. The number of benzene rings is 1. The Bertz CT molecular complexity index is 296. The highest BCUT2D eigenvalue weighted by atomic mass is 32.2. The monoisotopic (exact) mass is 171 g/mol. The zero-order chi connectivity index (χ0) is 8.43. The van der Waals surface area contributed by atoms with E-state index in [1.54, 1.807) is 6.92 Å². The van der Waals surface area contributed by atoms with Crippen molar-refractivity contribution in [2.45, 2.75) is 11.8 Å². The summed E-state index contributed by atoms with van der Waals surface area (Å²) in [4.78, 5) is 0.195. The maximum absolute atomic E-state index is 10.4. The van der Waals surface area contributed by atoms with E-state index >= 15 is 0 Å². The Morgan fingerprint density at radius 1 is 1.55 bits per heavy atom. The Morgan fingerprint density at radius 3 is 2.64 bits per heavy atom. The van der Waals surface area contributed by atoms with Gasteiger partial charge in [-0.3, -0.25) is 4.21 Å². The molecule has 0 saturated carbocycles. The molecule has 1 unspecified atom stereocenters. The van der Waals surface area contributed by atoms with E-state index in [9.17, 15) is 8.76 Å². The van der Waals surface area contributed by atoms with Gasteiger partial charge in [0.2, 0.25) is 0 Å². The molecule has 0 amide bonds. The van der Waals surface area contributed by atoms with Crippen molar-refractivity contribution >= 4 is 11.1 Å². The van der Waals surface area contributed by atoms with Crippen molar-refractivity contribution < 1.29 is 13.9 Å². The van der Waals surface area contributed by atoms with Gasteiger partial charge in [-0.25, -0.2) is 0 Å². The van der Waals surface area contributed by atoms with Crippen LogP contribution in [0.4, 0.5) is 0 Å². The van der Waals surface area contributed by atoms with Crippen LogP contribution in [0.25, 0.3) is 0 Å². The summed E-state index contributed by atoms with van der Waals surface area (Å²) in [5.74, 6) is 0.110. The fraction of sp³-hybridized carbons (Fsp3) is 0.143. The molecule has 0 heterocycles. The number of hydrogen-bond donors (Lipinski definition) is 1. The summed E-state index contributed by atoms with van der Waals surface area (Å²) < 4.78 is 20.8. The van der Waals surface area contributed by atoms with Crippen molar-refractivity contribution in [2.24, 2.45) is 0 Å². The smallest absolute Gasteiger partial charge is 0.118 e. The van der Waals surface area contributed by atoms with E-state index in [0.717, 1.165) is 0 Å². The van der Waals surface area contributed by atoms with Gasteiger partial charge >= 0.3 is 0 Å². The van der Waals surface area contributed by atoms with E-state index in [-0.39, 0.29) is 10.6 Å². The summed E-state index contributed by atoms with van der Waals surface area (Å²) in [6.45, 7) is 1.64. The Balaban J connectivity index is 3.15. The Labute approximate surface area is 67.0 Å². The highest BCUT2D eigenvalue weighted by molar-refractivity contribution is 7.79. The van der Waals surface area contributed by atoms with Crippen LogP contribution >= 0.6 is 0 Å². The standard InChI is InChI=1S/C7H8O3S/c1-5-4-6(11(9)10)2-3-7(5)8/h2-4,8H,1H3,(H,9,10)/p-1. The molecule has 0 spiro atoms. The number of aromatic hydroxyl groups is 1. The van der Waals surface area contributed by atoms with Crippen molar-refractivity contribution in [3.8, 4) is 5.75 Å². The minimum absolute atomic E-state index is 0.110. The van der Waals surface area contributed by atoms with Crippen LogP contribution in [0.1, 0.15) is 5.56 Å². The van der Waals surface area contributed by atoms with Crippen LogP contribution in [0.15, 0.2) is 23.1 Å². The van der Waals surface area contributed by atoms with E-state index in [2.05, 4.69) is 0 Å². The molecule has 1 atom stereocenters. The van der Waals surface area contributed by atoms with Gasteiger partial charge < -0.3 is 9.66 Å². The summed E-state index contributed by atoms with van der Waals surface area (Å²) in [6, 6.07) is 4.13. The van der Waals surface area contributed by atoms with E-state index in [1.807, 2.05) is 0 Å². The fourth-order valence-electron chi connectivity index (χ4n) is 0.732. The Hall–Kier alpha value is -0.870. The quantitative estimate of drug-likeness (QED) is 0.639. The first-order valence-corrected chi connectivity index (χ1v) is 4.07. The van der Waals surface area contributed by atoms with Crippen LogP contribution in [0.3, 0.4) is 0 Å². The number of aryl methyl sites for hydroxylation is 1. The number of phenolic OH excluding ortho intramolecular Hbond substituents is 1. The largest absolute Gasteiger partial charge is 0.768 e. The third-order valence-corrected chi connectivity index (χ3v) is 2.00. The van der Waals surface area contributed by atoms with Gasteiger partial charge in [0.15, 0.2) is 0 Å². The second kappa shape index (κ2) is 3.02. The zero-order valence-corrected chi connectivity index (χ0v) is 6.72. The lowest BCUT2D eigenvalue weighted by molar-refractivity contribution is 0.470. The topological polar surface area (TPSA) is 60.4 Å². The molecule has 1 aromatic carbocycles. The van der Waals surface area contributed by atoms with Gasteiger partial charge in [-0.2, -0.15) is 0 Å². The summed E-state index contributed by atoms with van der Waals surface area (Å²) in [5, 5.41) is 9.02. The van der Waals surface area contributed by atoms with Gasteiger partial charge in [0, 0.05) is 4.90 Å². The lowest BCUT2D eigenvalue weighted by atomic mass is 10.2. The first-order chi connectivity index (χ1) is 5.11. The van der Waals surface area contributed by atoms with Crippen molar-refractivity contribution in [1.29, 1.82) is 0 Å². The maximum atomic E-state index is 10.4. The average Bonchev–Trinajstić information content (AvgIpc) is 1.94. The molecule has 4 heteroatoms. The first kappa shape index (κ1) is 8.23. The second-order valence-electron chi connectivity index (χ2n) is 2.18. The molecule has 0 radical (unpaired) electrons. The minimum atomic E-state index is -2.21. The van der Waals surface area contributed by atoms with E-state index in [1.165, 1.54) is 18.2 Å². The molecule has 3 nitrogen and oxygen atoms in total. The van der Waals surface area contributed by atoms with Gasteiger partial charge in [-0.1, -0.05) is 0 Å². The summed E-state index contributed by atoms with van der Waals surface area (Å²) in [6.07, 6.45) is 0. The van der Waals surface area contributed by atoms with E-state index < -0.39 is 11.1 Å². The lowest BCUT2D eigenvalue weighted by Gasteiger charge is -2.05. The fourth-order valence-corrected chi connectivity index (χ4v) is 1.18. The van der Waals surface area contributed by atoms with E-state index in [4.69, 9.17) is 5.11 Å². The molecule has 1 aromatic rings. The van der Waals surface area contributed by atoms with Gasteiger partial charge in [0.25, 0.3) is 0 Å². The van der Waals surface area contributed by atoms with Crippen LogP contribution in [0.2, 0.25) is 0 Å². The maximum Gasteiger partial charge on any atom is 0.118 e. The number of rotatable bonds is 1. The molecule has 60 valence electrons. The predicted octanol–water partition coefficient (Wildman–Crippen LogP) is 0.939. The van der Waals surface area contributed by atoms with Gasteiger partial charge in [0.1, 0.15) is 5.75 Å². The molecule has 0 aliphatic heterocycles. The first-order valence-electron chi connectivity index (χ1n) is 3.00. The molecule has 0 aromatic heterocycles. The van der Waals surface area contributed by atoms with Gasteiger partial charge in [0.05, 0.1) is 0 Å². The van der Waals surface area contributed by atoms with Crippen LogP contribution in [0.5, 0.6) is 5.75 Å². The summed E-state index contributed by atoms with van der Waals surface area (Å²) in [5.41, 5.74) is 0.562. The van der Waals surface area contributed by atoms with Crippen LogP contribution < -0.4 is 0 Å². The van der Waals surface area contributed by atoms with Crippen molar-refractivity contribution in [1.82, 2.24) is 0 Å². The normalized spacial score (nSPS) is 12.9. The van der Waals surface area contributed by atoms with Crippen LogP contribution in [-0.2, 0) is 11.1 Å². The van der Waals surface area contributed by atoms with Crippen molar-refractivity contribution in [3.63, 3.8) is 0 Å². The Kier molecular flexibility index (Phi) is 2.26. The Morgan fingerprint density at radius 2 is 2.18 bits per heavy atom.